The van der Waals surface area contributed by atoms with Crippen LogP contribution in [-0.2, 0) is 27.8 Å². The number of amides is 1. The van der Waals surface area contributed by atoms with Gasteiger partial charge in [-0.2, -0.15) is 4.72 Å². The van der Waals surface area contributed by atoms with Crippen LogP contribution in [0, 0.1) is 0 Å². The topological polar surface area (TPSA) is 97.4 Å². The van der Waals surface area contributed by atoms with Gasteiger partial charge in [-0.1, -0.05) is 66.7 Å². The lowest BCUT2D eigenvalue weighted by molar-refractivity contribution is -0.122. The van der Waals surface area contributed by atoms with E-state index in [0.717, 1.165) is 11.1 Å². The molecular formula is C26H25N3O4S. The van der Waals surface area contributed by atoms with Gasteiger partial charge in [-0.15, -0.1) is 0 Å². The van der Waals surface area contributed by atoms with Crippen LogP contribution in [0.1, 0.15) is 11.1 Å². The Morgan fingerprint density at radius 1 is 0.941 bits per heavy atom. The first-order valence-electron chi connectivity index (χ1n) is 10.8. The van der Waals surface area contributed by atoms with Crippen LogP contribution < -0.4 is 14.8 Å². The van der Waals surface area contributed by atoms with Crippen LogP contribution in [-0.4, -0.2) is 32.5 Å². The van der Waals surface area contributed by atoms with Gasteiger partial charge in [0.1, 0.15) is 16.7 Å². The van der Waals surface area contributed by atoms with Crippen molar-refractivity contribution in [2.45, 2.75) is 23.9 Å². The number of sulfonamides is 1. The van der Waals surface area contributed by atoms with E-state index >= 15 is 0 Å². The van der Waals surface area contributed by atoms with E-state index in [-0.39, 0.29) is 17.9 Å². The van der Waals surface area contributed by atoms with Gasteiger partial charge in [-0.05, 0) is 30.2 Å². The smallest absolute Gasteiger partial charge is 0.243 e. The van der Waals surface area contributed by atoms with E-state index < -0.39 is 22.0 Å². The maximum atomic E-state index is 13.4. The minimum absolute atomic E-state index is 0.0289. The van der Waals surface area contributed by atoms with Crippen LogP contribution in [0.15, 0.2) is 96.0 Å². The van der Waals surface area contributed by atoms with Gasteiger partial charge < -0.3 is 10.1 Å². The first-order valence-corrected chi connectivity index (χ1v) is 12.3. The third-order valence-corrected chi connectivity index (χ3v) is 6.93. The number of methoxy groups -OCH3 is 1. The molecule has 4 rings (SSSR count). The number of pyridine rings is 1. The van der Waals surface area contributed by atoms with Crippen molar-refractivity contribution in [3.63, 3.8) is 0 Å². The minimum Gasteiger partial charge on any atom is -0.496 e. The van der Waals surface area contributed by atoms with E-state index in [0.29, 0.717) is 16.7 Å². The fourth-order valence-electron chi connectivity index (χ4n) is 3.74. The van der Waals surface area contributed by atoms with Crippen molar-refractivity contribution < 1.29 is 17.9 Å². The summed E-state index contributed by atoms with van der Waals surface area (Å²) in [5.41, 5.74) is 1.97. The normalized spacial score (nSPS) is 12.3. The molecule has 8 heteroatoms. The Kier molecular flexibility index (Phi) is 7.20. The van der Waals surface area contributed by atoms with E-state index in [1.54, 1.807) is 43.6 Å². The van der Waals surface area contributed by atoms with Gasteiger partial charge in [0.15, 0.2) is 0 Å². The number of rotatable bonds is 9. The van der Waals surface area contributed by atoms with Crippen LogP contribution in [0.5, 0.6) is 5.75 Å². The quantitative estimate of drug-likeness (QED) is 0.387. The summed E-state index contributed by atoms with van der Waals surface area (Å²) >= 11 is 0. The number of hydrogen-bond acceptors (Lipinski definition) is 5. The van der Waals surface area contributed by atoms with Crippen molar-refractivity contribution in [2.75, 3.05) is 7.11 Å². The highest BCUT2D eigenvalue weighted by Crippen LogP contribution is 2.21. The van der Waals surface area contributed by atoms with Crippen molar-refractivity contribution in [1.82, 2.24) is 15.0 Å². The highest BCUT2D eigenvalue weighted by molar-refractivity contribution is 7.89. The SMILES string of the molecule is COc1ccccc1CNC(=O)[C@H](Cc1ccccc1)NS(=O)(=O)c1cccc2cccnc12. The Bertz CT molecular complexity index is 1390. The Morgan fingerprint density at radius 3 is 2.47 bits per heavy atom. The number of benzene rings is 3. The summed E-state index contributed by atoms with van der Waals surface area (Å²) in [6.45, 7) is 0.200. The summed E-state index contributed by atoms with van der Waals surface area (Å²) in [5.74, 6) is 0.205. The third kappa shape index (κ3) is 5.41. The summed E-state index contributed by atoms with van der Waals surface area (Å²) in [4.78, 5) is 17.5. The molecule has 174 valence electrons. The molecule has 1 atom stereocenters. The van der Waals surface area contributed by atoms with Gasteiger partial charge in [0.2, 0.25) is 15.9 Å². The fraction of sp³-hybridized carbons (Fsp3) is 0.154. The second-order valence-electron chi connectivity index (χ2n) is 7.72. The summed E-state index contributed by atoms with van der Waals surface area (Å²) < 4.78 is 34.7. The van der Waals surface area contributed by atoms with E-state index in [4.69, 9.17) is 4.74 Å². The summed E-state index contributed by atoms with van der Waals surface area (Å²) in [5, 5.41) is 3.54. The Morgan fingerprint density at radius 2 is 1.68 bits per heavy atom. The number of fused-ring (bicyclic) bond motifs is 1. The van der Waals surface area contributed by atoms with Crippen molar-refractivity contribution in [2.24, 2.45) is 0 Å². The average molecular weight is 476 g/mol. The molecule has 0 saturated heterocycles. The first-order chi connectivity index (χ1) is 16.5. The van der Waals surface area contributed by atoms with Gasteiger partial charge in [-0.25, -0.2) is 8.42 Å². The van der Waals surface area contributed by atoms with Crippen LogP contribution in [0.3, 0.4) is 0 Å². The maximum absolute atomic E-state index is 13.4. The minimum atomic E-state index is -4.05. The first kappa shape index (κ1) is 23.4. The van der Waals surface area contributed by atoms with Crippen molar-refractivity contribution >= 4 is 26.8 Å². The number of carbonyl (C=O) groups is 1. The van der Waals surface area contributed by atoms with Gasteiger partial charge in [-0.3, -0.25) is 9.78 Å². The predicted octanol–water partition coefficient (Wildman–Crippen LogP) is 3.45. The third-order valence-electron chi connectivity index (χ3n) is 5.43. The number of para-hydroxylation sites is 2. The molecule has 1 aromatic heterocycles. The molecule has 7 nitrogen and oxygen atoms in total. The zero-order chi connectivity index (χ0) is 24.0. The zero-order valence-electron chi connectivity index (χ0n) is 18.6. The predicted molar refractivity (Wildman–Crippen MR) is 131 cm³/mol. The molecule has 0 fully saturated rings. The second-order valence-corrected chi connectivity index (χ2v) is 9.41. The monoisotopic (exact) mass is 475 g/mol. The largest absolute Gasteiger partial charge is 0.496 e. The van der Waals surface area contributed by atoms with Gasteiger partial charge in [0.25, 0.3) is 0 Å². The molecule has 0 radical (unpaired) electrons. The lowest BCUT2D eigenvalue weighted by Gasteiger charge is -2.20. The molecule has 0 bridgehead atoms. The van der Waals surface area contributed by atoms with Crippen LogP contribution in [0.4, 0.5) is 0 Å². The number of carbonyl (C=O) groups excluding carboxylic acids is 1. The molecule has 34 heavy (non-hydrogen) atoms. The molecule has 3 aromatic carbocycles. The van der Waals surface area contributed by atoms with E-state index in [1.165, 1.54) is 6.07 Å². The molecule has 0 aliphatic carbocycles. The van der Waals surface area contributed by atoms with Gasteiger partial charge in [0.05, 0.1) is 12.6 Å². The van der Waals surface area contributed by atoms with Gasteiger partial charge in [0, 0.05) is 23.7 Å². The summed E-state index contributed by atoms with van der Waals surface area (Å²) in [6.07, 6.45) is 1.73. The number of nitrogens with one attached hydrogen (secondary N) is 2. The molecule has 1 heterocycles. The Hall–Kier alpha value is -3.75. The standard InChI is InChI=1S/C26H25N3O4S/c1-33-23-14-6-5-11-21(23)18-28-26(30)22(17-19-9-3-2-4-10-19)29-34(31,32)24-15-7-12-20-13-8-16-27-25(20)24/h2-16,22,29H,17-18H2,1H3,(H,28,30)/t22-/m0/s1. The molecule has 0 aliphatic rings. The highest BCUT2D eigenvalue weighted by atomic mass is 32.2. The summed E-state index contributed by atoms with van der Waals surface area (Å²) in [6, 6.07) is 24.1. The van der Waals surface area contributed by atoms with Crippen molar-refractivity contribution in [3.8, 4) is 5.75 Å². The number of hydrogen-bond donors (Lipinski definition) is 2. The highest BCUT2D eigenvalue weighted by Gasteiger charge is 2.27. The molecule has 0 spiro atoms. The van der Waals surface area contributed by atoms with Crippen LogP contribution >= 0.6 is 0 Å². The average Bonchev–Trinajstić information content (AvgIpc) is 2.87. The number of nitrogens with zero attached hydrogens (tertiary/aromatic N) is 1. The lowest BCUT2D eigenvalue weighted by atomic mass is 10.1. The molecule has 2 N–H and O–H groups in total. The molecule has 0 saturated carbocycles. The van der Waals surface area contributed by atoms with E-state index in [1.807, 2.05) is 48.5 Å². The lowest BCUT2D eigenvalue weighted by Crippen LogP contribution is -2.47. The van der Waals surface area contributed by atoms with Gasteiger partial charge >= 0.3 is 0 Å². The van der Waals surface area contributed by atoms with Crippen LogP contribution in [0.25, 0.3) is 10.9 Å². The Labute approximate surface area is 198 Å². The molecule has 4 aromatic rings. The maximum Gasteiger partial charge on any atom is 0.243 e. The van der Waals surface area contributed by atoms with Crippen molar-refractivity contribution in [3.05, 3.63) is 102 Å². The molecule has 0 unspecified atom stereocenters. The van der Waals surface area contributed by atoms with Crippen molar-refractivity contribution in [1.29, 1.82) is 0 Å². The molecular weight excluding hydrogens is 450 g/mol. The molecule has 1 amide bonds. The second kappa shape index (κ2) is 10.5. The summed E-state index contributed by atoms with van der Waals surface area (Å²) in [7, 11) is -2.48. The zero-order valence-corrected chi connectivity index (χ0v) is 19.5. The fourth-order valence-corrected chi connectivity index (χ4v) is 5.11. The number of ether oxygens (including phenoxy) is 1. The van der Waals surface area contributed by atoms with E-state index in [9.17, 15) is 13.2 Å². The molecule has 0 aliphatic heterocycles. The Balaban J connectivity index is 1.61. The van der Waals surface area contributed by atoms with E-state index in [2.05, 4.69) is 15.0 Å². The number of aromatic nitrogens is 1. The van der Waals surface area contributed by atoms with Crippen LogP contribution in [0.2, 0.25) is 0 Å².